The molecule has 2 aromatic carbocycles. The van der Waals surface area contributed by atoms with E-state index in [2.05, 4.69) is 47.8 Å². The van der Waals surface area contributed by atoms with Gasteiger partial charge in [0, 0.05) is 24.5 Å². The van der Waals surface area contributed by atoms with Gasteiger partial charge in [-0.1, -0.05) is 49.5 Å². The molecule has 0 N–H and O–H groups in total. The molecule has 0 fully saturated rings. The van der Waals surface area contributed by atoms with Crippen molar-refractivity contribution in [2.45, 2.75) is 6.92 Å². The number of benzene rings is 2. The van der Waals surface area contributed by atoms with E-state index in [9.17, 15) is 4.79 Å². The van der Waals surface area contributed by atoms with Gasteiger partial charge < -0.3 is 0 Å². The lowest BCUT2D eigenvalue weighted by molar-refractivity contribution is 0.103. The molecule has 0 aliphatic heterocycles. The van der Waals surface area contributed by atoms with Crippen LogP contribution in [0.15, 0.2) is 43.7 Å². The molecule has 0 spiro atoms. The van der Waals surface area contributed by atoms with Crippen LogP contribution in [-0.4, -0.2) is 5.78 Å². The van der Waals surface area contributed by atoms with Crippen LogP contribution in [0.4, 0.5) is 0 Å². The second kappa shape index (κ2) is 6.08. The molecule has 2 aromatic rings. The van der Waals surface area contributed by atoms with Crippen molar-refractivity contribution in [1.82, 2.24) is 0 Å². The number of rotatable bonds is 2. The summed E-state index contributed by atoms with van der Waals surface area (Å²) in [4.78, 5) is 12.5. The minimum Gasteiger partial charge on any atom is -0.289 e. The highest BCUT2D eigenvalue weighted by atomic mass is 79.9. The number of carbonyl (C=O) groups excluding carboxylic acids is 1. The van der Waals surface area contributed by atoms with Crippen molar-refractivity contribution in [3.8, 4) is 0 Å². The highest BCUT2D eigenvalue weighted by Gasteiger charge is 2.18. The summed E-state index contributed by atoms with van der Waals surface area (Å²) in [5.41, 5.74) is 2.12. The van der Waals surface area contributed by atoms with Crippen LogP contribution < -0.4 is 0 Å². The second-order valence-electron chi connectivity index (χ2n) is 4.01. The van der Waals surface area contributed by atoms with Crippen LogP contribution in [-0.2, 0) is 0 Å². The number of ketones is 1. The van der Waals surface area contributed by atoms with Crippen molar-refractivity contribution < 1.29 is 4.79 Å². The Morgan fingerprint density at radius 3 is 2.37 bits per heavy atom. The average Bonchev–Trinajstić information content (AvgIpc) is 2.36. The van der Waals surface area contributed by atoms with Gasteiger partial charge in [0.05, 0.1) is 5.02 Å². The van der Waals surface area contributed by atoms with Crippen molar-refractivity contribution in [1.29, 1.82) is 0 Å². The third kappa shape index (κ3) is 3.13. The predicted molar refractivity (Wildman–Crippen MR) is 89.2 cm³/mol. The van der Waals surface area contributed by atoms with Gasteiger partial charge in [0.15, 0.2) is 5.78 Å². The molecule has 0 radical (unpaired) electrons. The average molecular weight is 467 g/mol. The third-order valence-corrected chi connectivity index (χ3v) is 5.50. The van der Waals surface area contributed by atoms with Gasteiger partial charge in [0.1, 0.15) is 0 Å². The topological polar surface area (TPSA) is 17.1 Å². The zero-order valence-corrected chi connectivity index (χ0v) is 15.3. The van der Waals surface area contributed by atoms with E-state index in [0.717, 1.165) is 14.5 Å². The summed E-state index contributed by atoms with van der Waals surface area (Å²) in [6.07, 6.45) is 0. The van der Waals surface area contributed by atoms with E-state index in [0.29, 0.717) is 20.6 Å². The zero-order valence-electron chi connectivity index (χ0n) is 9.81. The summed E-state index contributed by atoms with van der Waals surface area (Å²) in [6.45, 7) is 1.97. The van der Waals surface area contributed by atoms with Crippen molar-refractivity contribution in [3.05, 3.63) is 65.5 Å². The highest BCUT2D eigenvalue weighted by Crippen LogP contribution is 2.31. The first-order valence-corrected chi connectivity index (χ1v) is 8.12. The fraction of sp³-hybridized carbons (Fsp3) is 0.0714. The number of halogens is 4. The first-order chi connectivity index (χ1) is 8.91. The van der Waals surface area contributed by atoms with E-state index < -0.39 is 0 Å². The van der Waals surface area contributed by atoms with E-state index in [1.165, 1.54) is 0 Å². The molecule has 0 heterocycles. The molecule has 98 valence electrons. The molecule has 0 amide bonds. The molecule has 0 aliphatic carbocycles. The Hall–Kier alpha value is -0.160. The molecule has 0 unspecified atom stereocenters. The van der Waals surface area contributed by atoms with Crippen molar-refractivity contribution in [3.63, 3.8) is 0 Å². The molecule has 1 nitrogen and oxygen atoms in total. The summed E-state index contributed by atoms with van der Waals surface area (Å²) in [5.74, 6) is -0.112. The lowest BCUT2D eigenvalue weighted by atomic mass is 10.0. The molecule has 0 bridgehead atoms. The van der Waals surface area contributed by atoms with E-state index in [1.54, 1.807) is 24.3 Å². The van der Waals surface area contributed by atoms with E-state index >= 15 is 0 Å². The highest BCUT2D eigenvalue weighted by molar-refractivity contribution is 9.11. The number of hydrogen-bond acceptors (Lipinski definition) is 1. The molecule has 0 aromatic heterocycles. The van der Waals surface area contributed by atoms with Gasteiger partial charge in [-0.15, -0.1) is 0 Å². The first kappa shape index (κ1) is 15.2. The Kier molecular flexibility index (Phi) is 4.88. The zero-order chi connectivity index (χ0) is 14.2. The van der Waals surface area contributed by atoms with Crippen molar-refractivity contribution >= 4 is 65.2 Å². The third-order valence-electron chi connectivity index (χ3n) is 2.69. The van der Waals surface area contributed by atoms with Gasteiger partial charge in [-0.05, 0) is 52.7 Å². The van der Waals surface area contributed by atoms with Crippen LogP contribution in [0.25, 0.3) is 0 Å². The maximum atomic E-state index is 12.5. The predicted octanol–water partition coefficient (Wildman–Crippen LogP) is 6.17. The molecular weight excluding hydrogens is 459 g/mol. The fourth-order valence-electron chi connectivity index (χ4n) is 1.64. The molecule has 0 saturated heterocycles. The Morgan fingerprint density at radius 1 is 1.00 bits per heavy atom. The largest absolute Gasteiger partial charge is 0.289 e. The van der Waals surface area contributed by atoms with Gasteiger partial charge in [-0.25, -0.2) is 0 Å². The van der Waals surface area contributed by atoms with Crippen LogP contribution in [0.1, 0.15) is 21.5 Å². The summed E-state index contributed by atoms with van der Waals surface area (Å²) < 4.78 is 2.36. The molecule has 19 heavy (non-hydrogen) atoms. The summed E-state index contributed by atoms with van der Waals surface area (Å²) in [6, 6.07) is 9.03. The standard InChI is InChI=1S/C14H8Br3ClO/c1-7-5-12(17)9(6-11(7)16)14(19)8-3-2-4-10(15)13(8)18/h2-6H,1H3. The van der Waals surface area contributed by atoms with E-state index in [-0.39, 0.29) is 5.78 Å². The lowest BCUT2D eigenvalue weighted by Crippen LogP contribution is -2.04. The van der Waals surface area contributed by atoms with Gasteiger partial charge in [-0.3, -0.25) is 4.79 Å². The van der Waals surface area contributed by atoms with Gasteiger partial charge in [0.2, 0.25) is 0 Å². The molecule has 5 heteroatoms. The Bertz CT molecular complexity index is 668. The van der Waals surface area contributed by atoms with Crippen molar-refractivity contribution in [2.75, 3.05) is 0 Å². The van der Waals surface area contributed by atoms with Crippen LogP contribution in [0, 0.1) is 6.92 Å². The summed E-state index contributed by atoms with van der Waals surface area (Å²) in [5, 5.41) is 0.427. The smallest absolute Gasteiger partial charge is 0.195 e. The van der Waals surface area contributed by atoms with E-state index in [1.807, 2.05) is 13.0 Å². The minimum absolute atomic E-state index is 0.112. The molecule has 0 saturated carbocycles. The minimum atomic E-state index is -0.112. The SMILES string of the molecule is Cc1cc(Br)c(C(=O)c2cccc(Br)c2Cl)cc1Br. The first-order valence-electron chi connectivity index (χ1n) is 5.36. The van der Waals surface area contributed by atoms with Crippen LogP contribution in [0.3, 0.4) is 0 Å². The second-order valence-corrected chi connectivity index (χ2v) is 6.95. The number of aryl methyl sites for hydroxylation is 1. The molecule has 0 aliphatic rings. The quantitative estimate of drug-likeness (QED) is 0.483. The number of hydrogen-bond donors (Lipinski definition) is 0. The lowest BCUT2D eigenvalue weighted by Gasteiger charge is -2.09. The Balaban J connectivity index is 2.56. The van der Waals surface area contributed by atoms with Crippen molar-refractivity contribution in [2.24, 2.45) is 0 Å². The maximum absolute atomic E-state index is 12.5. The Labute approximate surface area is 141 Å². The number of carbonyl (C=O) groups is 1. The van der Waals surface area contributed by atoms with Gasteiger partial charge in [0.25, 0.3) is 0 Å². The molecule has 0 atom stereocenters. The summed E-state index contributed by atoms with van der Waals surface area (Å²) in [7, 11) is 0. The molecule has 2 rings (SSSR count). The van der Waals surface area contributed by atoms with Gasteiger partial charge in [-0.2, -0.15) is 0 Å². The van der Waals surface area contributed by atoms with Crippen LogP contribution >= 0.6 is 59.4 Å². The van der Waals surface area contributed by atoms with E-state index in [4.69, 9.17) is 11.6 Å². The monoisotopic (exact) mass is 464 g/mol. The fourth-order valence-corrected chi connectivity index (χ4v) is 3.20. The Morgan fingerprint density at radius 2 is 1.68 bits per heavy atom. The van der Waals surface area contributed by atoms with Crippen LogP contribution in [0.5, 0.6) is 0 Å². The molecular formula is C14H8Br3ClO. The van der Waals surface area contributed by atoms with Crippen LogP contribution in [0.2, 0.25) is 5.02 Å². The normalized spacial score (nSPS) is 10.6. The van der Waals surface area contributed by atoms with Gasteiger partial charge >= 0.3 is 0 Å². The maximum Gasteiger partial charge on any atom is 0.195 e. The summed E-state index contributed by atoms with van der Waals surface area (Å²) >= 11 is 16.4.